The van der Waals surface area contributed by atoms with E-state index in [1.54, 1.807) is 36.4 Å². The summed E-state index contributed by atoms with van der Waals surface area (Å²) in [5.74, 6) is 0.891. The predicted octanol–water partition coefficient (Wildman–Crippen LogP) is 5.72. The van der Waals surface area contributed by atoms with Crippen LogP contribution in [0, 0.1) is 11.6 Å². The highest BCUT2D eigenvalue weighted by atomic mass is 19.1. The van der Waals surface area contributed by atoms with E-state index in [1.807, 2.05) is 0 Å². The van der Waals surface area contributed by atoms with Crippen molar-refractivity contribution in [2.24, 2.45) is 0 Å². The molecule has 4 nitrogen and oxygen atoms in total. The van der Waals surface area contributed by atoms with E-state index in [0.29, 0.717) is 40.2 Å². The SMILES string of the molecule is O=c1c2c(oc3c(OCc4ccc(F)cc4)cc(OCc4ccc(F)cc4)cc13)CCC2. The second-order valence-electron chi connectivity index (χ2n) is 7.81. The van der Waals surface area contributed by atoms with Crippen LogP contribution in [0.2, 0.25) is 0 Å². The Morgan fingerprint density at radius 1 is 0.812 bits per heavy atom. The topological polar surface area (TPSA) is 48.7 Å². The molecule has 0 radical (unpaired) electrons. The van der Waals surface area contributed by atoms with E-state index in [4.69, 9.17) is 13.9 Å². The summed E-state index contributed by atoms with van der Waals surface area (Å²) >= 11 is 0. The van der Waals surface area contributed by atoms with E-state index in [9.17, 15) is 13.6 Å². The average molecular weight is 434 g/mol. The summed E-state index contributed by atoms with van der Waals surface area (Å²) in [6.07, 6.45) is 2.30. The Balaban J connectivity index is 1.50. The van der Waals surface area contributed by atoms with Gasteiger partial charge in [0.15, 0.2) is 16.8 Å². The standard InChI is InChI=1S/C26H20F2O4/c27-18-8-4-16(5-9-18)14-30-20-12-22-25(29)21-2-1-3-23(21)32-26(22)24(13-20)31-15-17-6-10-19(28)11-7-17/h4-13H,1-3,14-15H2. The number of fused-ring (bicyclic) bond motifs is 2. The van der Waals surface area contributed by atoms with E-state index in [-0.39, 0.29) is 30.3 Å². The number of rotatable bonds is 6. The molecule has 162 valence electrons. The lowest BCUT2D eigenvalue weighted by Crippen LogP contribution is -2.10. The maximum absolute atomic E-state index is 13.2. The van der Waals surface area contributed by atoms with E-state index >= 15 is 0 Å². The molecule has 1 aliphatic rings. The first-order valence-electron chi connectivity index (χ1n) is 10.4. The molecular weight excluding hydrogens is 414 g/mol. The van der Waals surface area contributed by atoms with Gasteiger partial charge in [-0.1, -0.05) is 24.3 Å². The summed E-state index contributed by atoms with van der Waals surface area (Å²) in [6, 6.07) is 15.4. The van der Waals surface area contributed by atoms with Crippen molar-refractivity contribution in [1.29, 1.82) is 0 Å². The zero-order valence-corrected chi connectivity index (χ0v) is 17.2. The number of halogens is 2. The number of hydrogen-bond acceptors (Lipinski definition) is 4. The molecule has 0 N–H and O–H groups in total. The Labute approximate surface area is 183 Å². The Hall–Kier alpha value is -3.67. The van der Waals surface area contributed by atoms with Gasteiger partial charge in [-0.3, -0.25) is 4.79 Å². The fraction of sp³-hybridized carbons (Fsp3) is 0.192. The van der Waals surface area contributed by atoms with Gasteiger partial charge in [0.25, 0.3) is 0 Å². The second-order valence-corrected chi connectivity index (χ2v) is 7.81. The highest BCUT2D eigenvalue weighted by molar-refractivity contribution is 5.85. The Morgan fingerprint density at radius 3 is 2.09 bits per heavy atom. The highest BCUT2D eigenvalue weighted by Gasteiger charge is 2.22. The summed E-state index contributed by atoms with van der Waals surface area (Å²) in [5.41, 5.74) is 2.59. The molecule has 1 heterocycles. The maximum Gasteiger partial charge on any atom is 0.196 e. The highest BCUT2D eigenvalue weighted by Crippen LogP contribution is 2.34. The van der Waals surface area contributed by atoms with Crippen LogP contribution in [-0.4, -0.2) is 0 Å². The van der Waals surface area contributed by atoms with Crippen molar-refractivity contribution in [3.8, 4) is 11.5 Å². The molecule has 4 aromatic rings. The van der Waals surface area contributed by atoms with Gasteiger partial charge in [0.1, 0.15) is 36.4 Å². The van der Waals surface area contributed by atoms with Crippen LogP contribution >= 0.6 is 0 Å². The van der Waals surface area contributed by atoms with Gasteiger partial charge in [-0.25, -0.2) is 8.78 Å². The Kier molecular flexibility index (Phi) is 5.35. The van der Waals surface area contributed by atoms with Gasteiger partial charge < -0.3 is 13.9 Å². The summed E-state index contributed by atoms with van der Waals surface area (Å²) in [7, 11) is 0. The normalized spacial score (nSPS) is 12.7. The fourth-order valence-electron chi connectivity index (χ4n) is 3.89. The van der Waals surface area contributed by atoms with Gasteiger partial charge in [0, 0.05) is 18.1 Å². The van der Waals surface area contributed by atoms with E-state index < -0.39 is 0 Å². The van der Waals surface area contributed by atoms with Crippen LogP contribution in [0.25, 0.3) is 11.0 Å². The molecule has 0 atom stereocenters. The van der Waals surface area contributed by atoms with Crippen LogP contribution in [0.15, 0.2) is 69.9 Å². The average Bonchev–Trinajstić information content (AvgIpc) is 3.28. The lowest BCUT2D eigenvalue weighted by molar-refractivity contribution is 0.289. The Bertz CT molecular complexity index is 1330. The lowest BCUT2D eigenvalue weighted by atomic mass is 10.1. The van der Waals surface area contributed by atoms with Gasteiger partial charge in [0.2, 0.25) is 0 Å². The molecule has 0 saturated carbocycles. The van der Waals surface area contributed by atoms with Gasteiger partial charge in [-0.05, 0) is 54.3 Å². The van der Waals surface area contributed by atoms with Crippen molar-refractivity contribution in [2.45, 2.75) is 32.5 Å². The summed E-state index contributed by atoms with van der Waals surface area (Å²) < 4.78 is 44.3. The first-order chi connectivity index (χ1) is 15.6. The molecule has 0 unspecified atom stereocenters. The van der Waals surface area contributed by atoms with Crippen LogP contribution in [0.3, 0.4) is 0 Å². The van der Waals surface area contributed by atoms with Gasteiger partial charge in [-0.2, -0.15) is 0 Å². The number of aryl methyl sites for hydroxylation is 1. The third-order valence-corrected chi connectivity index (χ3v) is 5.57. The van der Waals surface area contributed by atoms with E-state index in [2.05, 4.69) is 0 Å². The lowest BCUT2D eigenvalue weighted by Gasteiger charge is -2.13. The first-order valence-corrected chi connectivity index (χ1v) is 10.4. The maximum atomic E-state index is 13.2. The fourth-order valence-corrected chi connectivity index (χ4v) is 3.89. The van der Waals surface area contributed by atoms with Crippen molar-refractivity contribution < 1.29 is 22.7 Å². The van der Waals surface area contributed by atoms with Crippen LogP contribution in [0.1, 0.15) is 28.9 Å². The minimum atomic E-state index is -0.322. The Morgan fingerprint density at radius 2 is 1.44 bits per heavy atom. The quantitative estimate of drug-likeness (QED) is 0.390. The smallest absolute Gasteiger partial charge is 0.196 e. The van der Waals surface area contributed by atoms with Crippen molar-refractivity contribution in [2.75, 3.05) is 0 Å². The van der Waals surface area contributed by atoms with Crippen LogP contribution in [0.5, 0.6) is 11.5 Å². The number of ether oxygens (including phenoxy) is 2. The van der Waals surface area contributed by atoms with Crippen molar-refractivity contribution in [1.82, 2.24) is 0 Å². The number of benzene rings is 3. The van der Waals surface area contributed by atoms with Gasteiger partial charge >= 0.3 is 0 Å². The largest absolute Gasteiger partial charge is 0.489 e. The molecule has 32 heavy (non-hydrogen) atoms. The minimum Gasteiger partial charge on any atom is -0.489 e. The third-order valence-electron chi connectivity index (χ3n) is 5.57. The third kappa shape index (κ3) is 4.08. The zero-order valence-electron chi connectivity index (χ0n) is 17.2. The summed E-state index contributed by atoms with van der Waals surface area (Å²) in [5, 5.41) is 0.399. The molecule has 3 aromatic carbocycles. The molecule has 6 heteroatoms. The van der Waals surface area contributed by atoms with Crippen LogP contribution in [-0.2, 0) is 26.1 Å². The van der Waals surface area contributed by atoms with Crippen molar-refractivity contribution >= 4 is 11.0 Å². The minimum absolute atomic E-state index is 0.0717. The summed E-state index contributed by atoms with van der Waals surface area (Å²) in [6.45, 7) is 0.386. The number of hydrogen-bond donors (Lipinski definition) is 0. The van der Waals surface area contributed by atoms with Crippen LogP contribution < -0.4 is 14.9 Å². The molecule has 1 aliphatic carbocycles. The van der Waals surface area contributed by atoms with Crippen LogP contribution in [0.4, 0.5) is 8.78 Å². The second kappa shape index (κ2) is 8.46. The van der Waals surface area contributed by atoms with Gasteiger partial charge in [0.05, 0.1) is 5.39 Å². The summed E-state index contributed by atoms with van der Waals surface area (Å²) in [4.78, 5) is 13.1. The molecule has 0 aliphatic heterocycles. The zero-order chi connectivity index (χ0) is 22.1. The molecule has 0 spiro atoms. The van der Waals surface area contributed by atoms with E-state index in [1.165, 1.54) is 24.3 Å². The molecule has 1 aromatic heterocycles. The van der Waals surface area contributed by atoms with E-state index in [0.717, 1.165) is 24.0 Å². The van der Waals surface area contributed by atoms with Gasteiger partial charge in [-0.15, -0.1) is 0 Å². The first kappa shape index (κ1) is 20.2. The predicted molar refractivity (Wildman–Crippen MR) is 116 cm³/mol. The molecule has 0 saturated heterocycles. The molecule has 5 rings (SSSR count). The molecular formula is C26H20F2O4. The monoisotopic (exact) mass is 434 g/mol. The molecule has 0 bridgehead atoms. The molecule has 0 amide bonds. The van der Waals surface area contributed by atoms with Crippen molar-refractivity contribution in [3.05, 3.63) is 105 Å². The van der Waals surface area contributed by atoms with Crippen molar-refractivity contribution in [3.63, 3.8) is 0 Å². The molecule has 0 fully saturated rings.